The van der Waals surface area contributed by atoms with E-state index in [4.69, 9.17) is 5.11 Å². The Morgan fingerprint density at radius 3 is 2.55 bits per heavy atom. The van der Waals surface area contributed by atoms with E-state index in [0.717, 1.165) is 11.6 Å². The van der Waals surface area contributed by atoms with E-state index < -0.39 is 41.2 Å². The van der Waals surface area contributed by atoms with Gasteiger partial charge in [0.25, 0.3) is 0 Å². The highest BCUT2D eigenvalue weighted by molar-refractivity contribution is 6.23. The van der Waals surface area contributed by atoms with E-state index in [0.29, 0.717) is 24.8 Å². The number of likely N-dealkylation sites (tertiary alicyclic amines) is 1. The van der Waals surface area contributed by atoms with E-state index in [1.54, 1.807) is 6.92 Å². The number of fused-ring (bicyclic) bond motifs is 3. The quantitative estimate of drug-likeness (QED) is 0.243. The van der Waals surface area contributed by atoms with Crippen LogP contribution in [0.25, 0.3) is 0 Å². The number of amides is 2. The highest BCUT2D eigenvalue weighted by Crippen LogP contribution is 2.55. The number of halogens is 1. The SMILES string of the molecule is CC1=CC(=O)C2=C(C1=O)[C@@H](c1ccc(O)c(F)c1)C1=CC[C@@H]3C(=O)N(CCCCCC(=O)O)C(=O)[C@@H]3[C@@H]1C2. The number of carboxylic acids is 1. The largest absolute Gasteiger partial charge is 0.505 e. The lowest BCUT2D eigenvalue weighted by molar-refractivity contribution is -0.141. The number of rotatable bonds is 7. The van der Waals surface area contributed by atoms with Gasteiger partial charge in [-0.1, -0.05) is 24.1 Å². The van der Waals surface area contributed by atoms with Crippen molar-refractivity contribution < 1.29 is 38.6 Å². The normalized spacial score (nSPS) is 26.6. The first kappa shape index (κ1) is 25.8. The molecule has 1 aromatic carbocycles. The molecule has 5 rings (SSSR count). The van der Waals surface area contributed by atoms with Crippen molar-refractivity contribution in [2.24, 2.45) is 17.8 Å². The molecule has 9 heteroatoms. The number of nitrogens with zero attached hydrogens (tertiary/aromatic N) is 1. The molecule has 2 amide bonds. The number of imide groups is 1. The monoisotopic (exact) mass is 521 g/mol. The summed E-state index contributed by atoms with van der Waals surface area (Å²) in [5, 5.41) is 18.6. The van der Waals surface area contributed by atoms with Crippen LogP contribution in [0.4, 0.5) is 4.39 Å². The summed E-state index contributed by atoms with van der Waals surface area (Å²) in [5.74, 6) is -6.08. The molecule has 4 aliphatic rings. The molecule has 0 aromatic heterocycles. The number of aromatic hydroxyl groups is 1. The number of allylic oxidation sites excluding steroid dienone is 6. The third-order valence-electron chi connectivity index (χ3n) is 8.23. The molecule has 1 aromatic rings. The first-order valence-corrected chi connectivity index (χ1v) is 12.9. The van der Waals surface area contributed by atoms with Crippen molar-refractivity contribution in [3.63, 3.8) is 0 Å². The van der Waals surface area contributed by atoms with Crippen LogP contribution in [0, 0.1) is 23.6 Å². The molecule has 198 valence electrons. The fourth-order valence-electron chi connectivity index (χ4n) is 6.45. The minimum Gasteiger partial charge on any atom is -0.505 e. The summed E-state index contributed by atoms with van der Waals surface area (Å²) in [6, 6.07) is 3.87. The molecule has 1 saturated heterocycles. The lowest BCUT2D eigenvalue weighted by Gasteiger charge is -2.42. The summed E-state index contributed by atoms with van der Waals surface area (Å²) in [5.41, 5.74) is 1.95. The third kappa shape index (κ3) is 4.19. The molecule has 1 fully saturated rings. The first-order valence-electron chi connectivity index (χ1n) is 12.9. The van der Waals surface area contributed by atoms with Crippen LogP contribution in [-0.4, -0.2) is 51.0 Å². The van der Waals surface area contributed by atoms with Gasteiger partial charge in [0.15, 0.2) is 23.1 Å². The van der Waals surface area contributed by atoms with Gasteiger partial charge >= 0.3 is 5.97 Å². The number of Topliss-reactive ketones (excluding diaryl/α,β-unsaturated/α-hetero) is 1. The highest BCUT2D eigenvalue weighted by Gasteiger charge is 2.56. The van der Waals surface area contributed by atoms with E-state index >= 15 is 0 Å². The predicted molar refractivity (Wildman–Crippen MR) is 132 cm³/mol. The molecule has 38 heavy (non-hydrogen) atoms. The van der Waals surface area contributed by atoms with Gasteiger partial charge in [-0.05, 0) is 62.3 Å². The maximum absolute atomic E-state index is 14.4. The number of hydrogen-bond acceptors (Lipinski definition) is 6. The number of carbonyl (C=O) groups excluding carboxylic acids is 4. The molecule has 8 nitrogen and oxygen atoms in total. The Morgan fingerprint density at radius 2 is 1.84 bits per heavy atom. The van der Waals surface area contributed by atoms with Gasteiger partial charge in [-0.15, -0.1) is 0 Å². The zero-order valence-corrected chi connectivity index (χ0v) is 20.9. The molecule has 0 bridgehead atoms. The van der Waals surface area contributed by atoms with Crippen molar-refractivity contribution in [3.05, 3.63) is 64.0 Å². The van der Waals surface area contributed by atoms with Gasteiger partial charge in [0.1, 0.15) is 0 Å². The summed E-state index contributed by atoms with van der Waals surface area (Å²) in [6.07, 6.45) is 5.12. The number of carboxylic acid groups (broad SMARTS) is 1. The van der Waals surface area contributed by atoms with Crippen LogP contribution >= 0.6 is 0 Å². The fraction of sp³-hybridized carbons (Fsp3) is 0.414. The van der Waals surface area contributed by atoms with Gasteiger partial charge in [0.05, 0.1) is 11.8 Å². The number of phenolic OH excluding ortho intramolecular Hbond substituents is 1. The highest BCUT2D eigenvalue weighted by atomic mass is 19.1. The van der Waals surface area contributed by atoms with Gasteiger partial charge in [0, 0.05) is 35.6 Å². The predicted octanol–water partition coefficient (Wildman–Crippen LogP) is 3.61. The second kappa shape index (κ2) is 9.78. The van der Waals surface area contributed by atoms with Crippen LogP contribution < -0.4 is 0 Å². The first-order chi connectivity index (χ1) is 18.1. The summed E-state index contributed by atoms with van der Waals surface area (Å²) < 4.78 is 14.4. The van der Waals surface area contributed by atoms with Crippen molar-refractivity contribution in [1.29, 1.82) is 0 Å². The number of unbranched alkanes of at least 4 members (excludes halogenated alkanes) is 2. The average Bonchev–Trinajstić information content (AvgIpc) is 3.12. The van der Waals surface area contributed by atoms with Crippen molar-refractivity contribution in [1.82, 2.24) is 4.90 Å². The summed E-state index contributed by atoms with van der Waals surface area (Å²) in [4.78, 5) is 65.2. The molecular formula is C29H28FNO7. The van der Waals surface area contributed by atoms with Crippen molar-refractivity contribution in [2.75, 3.05) is 6.54 Å². The third-order valence-corrected chi connectivity index (χ3v) is 8.23. The van der Waals surface area contributed by atoms with Crippen LogP contribution in [0.3, 0.4) is 0 Å². The molecule has 2 N–H and O–H groups in total. The lowest BCUT2D eigenvalue weighted by atomic mass is 9.59. The second-order valence-electron chi connectivity index (χ2n) is 10.5. The Kier molecular flexibility index (Phi) is 6.63. The van der Waals surface area contributed by atoms with Gasteiger partial charge in [0.2, 0.25) is 11.8 Å². The standard InChI is InChI=1S/C29H28FNO7/c1-14-11-22(33)19-13-18-16(24(26(19)27(14)36)15-6-9-21(32)20(30)12-15)7-8-17-25(18)29(38)31(28(17)37)10-4-2-3-5-23(34)35/h6-7,9,11-12,17-18,24-25,32H,2-5,8,10,13H2,1H3,(H,34,35)/t17-,18+,24-,25-/m0/s1. The molecule has 0 spiro atoms. The Balaban J connectivity index is 1.50. The Labute approximate surface area is 218 Å². The zero-order chi connectivity index (χ0) is 27.3. The molecule has 0 unspecified atom stereocenters. The minimum absolute atomic E-state index is 0.0276. The van der Waals surface area contributed by atoms with Crippen LogP contribution in [-0.2, 0) is 24.0 Å². The molecule has 3 aliphatic carbocycles. The topological polar surface area (TPSA) is 129 Å². The van der Waals surface area contributed by atoms with E-state index in [-0.39, 0.29) is 65.9 Å². The van der Waals surface area contributed by atoms with Crippen LogP contribution in [0.5, 0.6) is 5.75 Å². The van der Waals surface area contributed by atoms with Crippen molar-refractivity contribution in [2.45, 2.75) is 51.4 Å². The zero-order valence-electron chi connectivity index (χ0n) is 20.9. The maximum Gasteiger partial charge on any atom is 0.303 e. The van der Waals surface area contributed by atoms with Gasteiger partial charge in [-0.3, -0.25) is 28.9 Å². The van der Waals surface area contributed by atoms with Crippen LogP contribution in [0.1, 0.15) is 56.9 Å². The van der Waals surface area contributed by atoms with Gasteiger partial charge in [-0.25, -0.2) is 4.39 Å². The van der Waals surface area contributed by atoms with E-state index in [1.165, 1.54) is 23.1 Å². The van der Waals surface area contributed by atoms with E-state index in [9.17, 15) is 33.5 Å². The Morgan fingerprint density at radius 1 is 1.08 bits per heavy atom. The summed E-state index contributed by atoms with van der Waals surface area (Å²) in [7, 11) is 0. The molecule has 1 aliphatic heterocycles. The molecule has 1 heterocycles. The van der Waals surface area contributed by atoms with Crippen molar-refractivity contribution in [3.8, 4) is 5.75 Å². The number of hydrogen-bond donors (Lipinski definition) is 2. The number of ketones is 2. The second-order valence-corrected chi connectivity index (χ2v) is 10.5. The summed E-state index contributed by atoms with van der Waals surface area (Å²) in [6.45, 7) is 1.76. The molecule has 4 atom stereocenters. The van der Waals surface area contributed by atoms with E-state index in [1.807, 2.05) is 6.08 Å². The van der Waals surface area contributed by atoms with Gasteiger partial charge < -0.3 is 10.2 Å². The van der Waals surface area contributed by atoms with Gasteiger partial charge in [-0.2, -0.15) is 0 Å². The molecular weight excluding hydrogens is 493 g/mol. The van der Waals surface area contributed by atoms with Crippen LogP contribution in [0.15, 0.2) is 52.6 Å². The minimum atomic E-state index is -0.891. The average molecular weight is 522 g/mol. The van der Waals surface area contributed by atoms with Crippen LogP contribution in [0.2, 0.25) is 0 Å². The lowest BCUT2D eigenvalue weighted by Crippen LogP contribution is -2.40. The number of aliphatic carboxylic acids is 1. The fourth-order valence-corrected chi connectivity index (χ4v) is 6.45. The number of benzene rings is 1. The Bertz CT molecular complexity index is 1370. The maximum atomic E-state index is 14.4. The van der Waals surface area contributed by atoms with Crippen molar-refractivity contribution >= 4 is 29.4 Å². The smallest absolute Gasteiger partial charge is 0.303 e. The molecule has 0 saturated carbocycles. The van der Waals surface area contributed by atoms with E-state index in [2.05, 4.69) is 0 Å². The molecule has 0 radical (unpaired) electrons. The Hall–Kier alpha value is -3.88. The number of carbonyl (C=O) groups is 5. The number of phenols is 1. The summed E-state index contributed by atoms with van der Waals surface area (Å²) >= 11 is 0.